The Bertz CT molecular complexity index is 1330. The largest absolute Gasteiger partial charge is 0.335 e. The maximum Gasteiger partial charge on any atom is 0.272 e. The molecule has 2 aromatic heterocycles. The number of piperazine rings is 1. The maximum absolute atomic E-state index is 13.0. The molecule has 1 aliphatic rings. The minimum atomic E-state index is -0.00809. The molecule has 0 unspecified atom stereocenters. The van der Waals surface area contributed by atoms with Gasteiger partial charge in [0.25, 0.3) is 5.91 Å². The van der Waals surface area contributed by atoms with E-state index in [0.717, 1.165) is 41.8 Å². The molecule has 0 atom stereocenters. The molecule has 0 spiro atoms. The van der Waals surface area contributed by atoms with Crippen LogP contribution in [0.3, 0.4) is 0 Å². The van der Waals surface area contributed by atoms with Crippen molar-refractivity contribution in [2.75, 3.05) is 26.2 Å². The topological polar surface area (TPSA) is 78.0 Å². The van der Waals surface area contributed by atoms with Gasteiger partial charge in [-0.1, -0.05) is 36.4 Å². The molecule has 10 heteroatoms. The molecule has 0 aliphatic carbocycles. The Labute approximate surface area is 229 Å². The van der Waals surface area contributed by atoms with Crippen LogP contribution in [0.15, 0.2) is 73.2 Å². The van der Waals surface area contributed by atoms with E-state index < -0.39 is 0 Å². The molecular formula is C26H27Cl3N6O. The van der Waals surface area contributed by atoms with Crippen LogP contribution in [0.4, 0.5) is 0 Å². The summed E-state index contributed by atoms with van der Waals surface area (Å²) in [5.41, 5.74) is 4.28. The Morgan fingerprint density at radius 2 is 1.61 bits per heavy atom. The molecule has 1 amide bonds. The number of pyridine rings is 1. The normalized spacial score (nSPS) is 13.1. The van der Waals surface area contributed by atoms with Crippen LogP contribution in [0.25, 0.3) is 10.9 Å². The summed E-state index contributed by atoms with van der Waals surface area (Å²) in [6.07, 6.45) is 3.75. The molecule has 0 bridgehead atoms. The van der Waals surface area contributed by atoms with Gasteiger partial charge >= 0.3 is 0 Å². The highest BCUT2D eigenvalue weighted by molar-refractivity contribution is 5.95. The van der Waals surface area contributed by atoms with Crippen molar-refractivity contribution in [2.24, 2.45) is 0 Å². The van der Waals surface area contributed by atoms with Gasteiger partial charge in [0.2, 0.25) is 0 Å². The van der Waals surface area contributed by atoms with E-state index in [9.17, 15) is 4.79 Å². The molecule has 36 heavy (non-hydrogen) atoms. The van der Waals surface area contributed by atoms with Gasteiger partial charge in [-0.3, -0.25) is 9.69 Å². The number of hydrogen-bond donors (Lipinski definition) is 0. The van der Waals surface area contributed by atoms with Gasteiger partial charge < -0.3 is 9.47 Å². The van der Waals surface area contributed by atoms with Crippen LogP contribution in [-0.4, -0.2) is 56.4 Å². The Hall–Kier alpha value is -3.15. The average Bonchev–Trinajstić information content (AvgIpc) is 3.30. The van der Waals surface area contributed by atoms with Gasteiger partial charge in [0.1, 0.15) is 5.69 Å². The molecule has 1 fully saturated rings. The fourth-order valence-corrected chi connectivity index (χ4v) is 4.19. The summed E-state index contributed by atoms with van der Waals surface area (Å²) >= 11 is 0. The van der Waals surface area contributed by atoms with Crippen molar-refractivity contribution in [1.29, 1.82) is 5.26 Å². The molecule has 7 nitrogen and oxygen atoms in total. The van der Waals surface area contributed by atoms with Crippen molar-refractivity contribution in [2.45, 2.75) is 13.1 Å². The molecule has 2 aromatic carbocycles. The van der Waals surface area contributed by atoms with E-state index in [4.69, 9.17) is 5.26 Å². The molecule has 0 N–H and O–H groups in total. The van der Waals surface area contributed by atoms with E-state index >= 15 is 0 Å². The van der Waals surface area contributed by atoms with Gasteiger partial charge in [0, 0.05) is 50.9 Å². The summed E-state index contributed by atoms with van der Waals surface area (Å²) < 4.78 is 2.14. The van der Waals surface area contributed by atoms with Gasteiger partial charge in [0.05, 0.1) is 29.2 Å². The Morgan fingerprint density at radius 1 is 0.889 bits per heavy atom. The second-order valence-electron chi connectivity index (χ2n) is 8.28. The number of carbonyl (C=O) groups excluding carboxylic acids is 1. The minimum absolute atomic E-state index is 0. The van der Waals surface area contributed by atoms with Crippen molar-refractivity contribution in [3.63, 3.8) is 0 Å². The van der Waals surface area contributed by atoms with E-state index in [-0.39, 0.29) is 43.1 Å². The molecule has 5 rings (SSSR count). The van der Waals surface area contributed by atoms with Crippen molar-refractivity contribution >= 4 is 54.0 Å². The van der Waals surface area contributed by atoms with E-state index in [1.54, 1.807) is 0 Å². The summed E-state index contributed by atoms with van der Waals surface area (Å²) in [7, 11) is 0. The zero-order valence-electron chi connectivity index (χ0n) is 19.5. The first-order chi connectivity index (χ1) is 16.2. The summed E-state index contributed by atoms with van der Waals surface area (Å²) in [6, 6.07) is 21.4. The molecule has 0 radical (unpaired) electrons. The van der Waals surface area contributed by atoms with Crippen LogP contribution < -0.4 is 0 Å². The van der Waals surface area contributed by atoms with Crippen LogP contribution in [0.2, 0.25) is 0 Å². The number of para-hydroxylation sites is 1. The average molecular weight is 546 g/mol. The quantitative estimate of drug-likeness (QED) is 0.367. The molecule has 188 valence electrons. The van der Waals surface area contributed by atoms with Crippen LogP contribution >= 0.6 is 37.2 Å². The number of fused-ring (bicyclic) bond motifs is 1. The van der Waals surface area contributed by atoms with Crippen LogP contribution in [0, 0.1) is 11.3 Å². The number of imidazole rings is 1. The van der Waals surface area contributed by atoms with Gasteiger partial charge in [-0.15, -0.1) is 37.2 Å². The van der Waals surface area contributed by atoms with Crippen LogP contribution in [0.5, 0.6) is 0 Å². The highest BCUT2D eigenvalue weighted by atomic mass is 35.5. The van der Waals surface area contributed by atoms with Crippen molar-refractivity contribution < 1.29 is 4.79 Å². The molecular weight excluding hydrogens is 519 g/mol. The SMILES string of the molecule is Cl.Cl.Cl.N#Cc1ccc(Cn2cncc2CN2CCN(C(=O)c3ccc4ccccc4n3)CC2)cc1. The summed E-state index contributed by atoms with van der Waals surface area (Å²) in [5.74, 6) is -0.00809. The lowest BCUT2D eigenvalue weighted by molar-refractivity contribution is 0.0620. The predicted octanol–water partition coefficient (Wildman–Crippen LogP) is 4.57. The van der Waals surface area contributed by atoms with Gasteiger partial charge in [-0.05, 0) is 29.8 Å². The van der Waals surface area contributed by atoms with Crippen LogP contribution in [-0.2, 0) is 13.1 Å². The molecule has 0 saturated carbocycles. The molecule has 3 heterocycles. The summed E-state index contributed by atoms with van der Waals surface area (Å²) in [4.78, 5) is 26.1. The maximum atomic E-state index is 13.0. The molecule has 4 aromatic rings. The van der Waals surface area contributed by atoms with Gasteiger partial charge in [-0.25, -0.2) is 9.97 Å². The summed E-state index contributed by atoms with van der Waals surface area (Å²) in [6.45, 7) is 4.47. The zero-order valence-corrected chi connectivity index (χ0v) is 21.9. The fraction of sp³-hybridized carbons (Fsp3) is 0.231. The van der Waals surface area contributed by atoms with Crippen molar-refractivity contribution in [3.05, 3.63) is 95.7 Å². The van der Waals surface area contributed by atoms with E-state index in [0.29, 0.717) is 30.9 Å². The Balaban J connectivity index is 0.00000152. The first-order valence-electron chi connectivity index (χ1n) is 11.0. The number of nitrogens with zero attached hydrogens (tertiary/aromatic N) is 6. The fourth-order valence-electron chi connectivity index (χ4n) is 4.19. The lowest BCUT2D eigenvalue weighted by Crippen LogP contribution is -2.48. The first-order valence-corrected chi connectivity index (χ1v) is 11.0. The van der Waals surface area contributed by atoms with E-state index in [1.807, 2.05) is 78.1 Å². The number of carbonyl (C=O) groups is 1. The van der Waals surface area contributed by atoms with Crippen molar-refractivity contribution in [1.82, 2.24) is 24.3 Å². The predicted molar refractivity (Wildman–Crippen MR) is 147 cm³/mol. The number of aromatic nitrogens is 3. The standard InChI is InChI=1S/C26H24N6O.3ClH/c27-15-20-5-7-21(8-6-20)17-32-19-28-16-23(32)18-30-11-13-31(14-12-30)26(33)25-10-9-22-3-1-2-4-24(22)29-25;;;/h1-10,16,19H,11-14,17-18H2;3*1H. The van der Waals surface area contributed by atoms with E-state index in [1.165, 1.54) is 0 Å². The molecule has 1 saturated heterocycles. The third-order valence-electron chi connectivity index (χ3n) is 6.10. The van der Waals surface area contributed by atoms with Gasteiger partial charge in [0.15, 0.2) is 0 Å². The number of nitriles is 1. The zero-order chi connectivity index (χ0) is 22.6. The number of hydrogen-bond acceptors (Lipinski definition) is 5. The third kappa shape index (κ3) is 6.54. The van der Waals surface area contributed by atoms with Crippen LogP contribution in [0.1, 0.15) is 27.3 Å². The first kappa shape index (κ1) is 29.1. The van der Waals surface area contributed by atoms with Crippen molar-refractivity contribution in [3.8, 4) is 6.07 Å². The Morgan fingerprint density at radius 3 is 2.33 bits per heavy atom. The smallest absolute Gasteiger partial charge is 0.272 e. The number of benzene rings is 2. The number of amides is 1. The van der Waals surface area contributed by atoms with Gasteiger partial charge in [-0.2, -0.15) is 5.26 Å². The number of halogens is 3. The second-order valence-corrected chi connectivity index (χ2v) is 8.28. The number of rotatable bonds is 5. The lowest BCUT2D eigenvalue weighted by Gasteiger charge is -2.34. The third-order valence-corrected chi connectivity index (χ3v) is 6.10. The minimum Gasteiger partial charge on any atom is -0.335 e. The summed E-state index contributed by atoms with van der Waals surface area (Å²) in [5, 5.41) is 10.0. The van der Waals surface area contributed by atoms with E-state index in [2.05, 4.69) is 25.5 Å². The Kier molecular flexibility index (Phi) is 10.7. The lowest BCUT2D eigenvalue weighted by atomic mass is 10.1. The second kappa shape index (κ2) is 13.2. The highest BCUT2D eigenvalue weighted by Crippen LogP contribution is 2.16. The molecule has 1 aliphatic heterocycles. The monoisotopic (exact) mass is 544 g/mol. The highest BCUT2D eigenvalue weighted by Gasteiger charge is 2.23.